The van der Waals surface area contributed by atoms with E-state index in [4.69, 9.17) is 0 Å². The minimum Gasteiger partial charge on any atom is -0.383 e. The molecule has 0 saturated heterocycles. The van der Waals surface area contributed by atoms with Crippen molar-refractivity contribution in [2.75, 3.05) is 32.5 Å². The first-order chi connectivity index (χ1) is 8.56. The minimum absolute atomic E-state index is 0.944. The zero-order valence-corrected chi connectivity index (χ0v) is 11.6. The summed E-state index contributed by atoms with van der Waals surface area (Å²) < 4.78 is 0. The number of hydrogen-bond donors (Lipinski definition) is 1. The summed E-state index contributed by atoms with van der Waals surface area (Å²) in [4.78, 5) is 6.76. The number of anilines is 1. The van der Waals surface area contributed by atoms with Gasteiger partial charge in [-0.05, 0) is 45.6 Å². The molecular formula is C15H21N3. The number of nitrogens with zero attached hydrogens (tertiary/aromatic N) is 2. The first kappa shape index (κ1) is 12.8. The molecule has 0 aliphatic carbocycles. The van der Waals surface area contributed by atoms with Crippen molar-refractivity contribution in [3.63, 3.8) is 0 Å². The number of pyridine rings is 1. The lowest BCUT2D eigenvalue weighted by Crippen LogP contribution is -2.20. The summed E-state index contributed by atoms with van der Waals surface area (Å²) in [5.74, 6) is 0. The van der Waals surface area contributed by atoms with Crippen molar-refractivity contribution < 1.29 is 0 Å². The van der Waals surface area contributed by atoms with Crippen molar-refractivity contribution in [1.29, 1.82) is 0 Å². The largest absolute Gasteiger partial charge is 0.383 e. The van der Waals surface area contributed by atoms with E-state index >= 15 is 0 Å². The van der Waals surface area contributed by atoms with E-state index in [2.05, 4.69) is 60.5 Å². The summed E-state index contributed by atoms with van der Waals surface area (Å²) in [6, 6.07) is 8.54. The quantitative estimate of drug-likeness (QED) is 0.895. The highest BCUT2D eigenvalue weighted by atomic mass is 15.1. The van der Waals surface area contributed by atoms with Gasteiger partial charge in [-0.15, -0.1) is 0 Å². The van der Waals surface area contributed by atoms with Gasteiger partial charge in [-0.2, -0.15) is 0 Å². The van der Waals surface area contributed by atoms with Gasteiger partial charge in [0.05, 0.1) is 5.52 Å². The summed E-state index contributed by atoms with van der Waals surface area (Å²) in [5, 5.41) is 4.70. The predicted octanol–water partition coefficient (Wildman–Crippen LogP) is 2.83. The van der Waals surface area contributed by atoms with E-state index in [0.717, 1.165) is 24.3 Å². The van der Waals surface area contributed by atoms with Gasteiger partial charge in [-0.1, -0.05) is 12.1 Å². The second-order valence-corrected chi connectivity index (χ2v) is 5.06. The Labute approximate surface area is 109 Å². The van der Waals surface area contributed by atoms with Crippen molar-refractivity contribution in [2.24, 2.45) is 0 Å². The Morgan fingerprint density at radius 1 is 1.17 bits per heavy atom. The Morgan fingerprint density at radius 3 is 2.67 bits per heavy atom. The molecule has 0 amide bonds. The van der Waals surface area contributed by atoms with Crippen LogP contribution in [0.5, 0.6) is 0 Å². The highest BCUT2D eigenvalue weighted by Gasteiger charge is 2.04. The lowest BCUT2D eigenvalue weighted by molar-refractivity contribution is 0.425. The molecule has 1 N–H and O–H groups in total. The maximum Gasteiger partial charge on any atom is 0.0728 e. The summed E-state index contributed by atoms with van der Waals surface area (Å²) >= 11 is 0. The molecule has 1 aromatic heterocycles. The first-order valence-electron chi connectivity index (χ1n) is 6.33. The second kappa shape index (κ2) is 5.36. The molecule has 0 spiro atoms. The summed E-state index contributed by atoms with van der Waals surface area (Å²) in [5.41, 5.74) is 4.56. The van der Waals surface area contributed by atoms with Crippen LogP contribution in [-0.2, 0) is 0 Å². The summed E-state index contributed by atoms with van der Waals surface area (Å²) in [7, 11) is 4.17. The fraction of sp³-hybridized carbons (Fsp3) is 0.400. The van der Waals surface area contributed by atoms with Gasteiger partial charge in [-0.25, -0.2) is 0 Å². The highest BCUT2D eigenvalue weighted by molar-refractivity contribution is 5.91. The second-order valence-electron chi connectivity index (χ2n) is 5.06. The molecular weight excluding hydrogens is 222 g/mol. The van der Waals surface area contributed by atoms with Gasteiger partial charge in [0, 0.05) is 29.9 Å². The van der Waals surface area contributed by atoms with Crippen LogP contribution in [0.15, 0.2) is 24.3 Å². The van der Waals surface area contributed by atoms with Gasteiger partial charge in [0.15, 0.2) is 0 Å². The molecule has 18 heavy (non-hydrogen) atoms. The van der Waals surface area contributed by atoms with Crippen LogP contribution in [0.4, 0.5) is 5.69 Å². The number of nitrogens with one attached hydrogen (secondary N) is 1. The van der Waals surface area contributed by atoms with E-state index in [-0.39, 0.29) is 0 Å². The monoisotopic (exact) mass is 243 g/mol. The van der Waals surface area contributed by atoms with Gasteiger partial charge in [0.25, 0.3) is 0 Å². The number of fused-ring (bicyclic) bond motifs is 1. The third-order valence-electron chi connectivity index (χ3n) is 2.97. The fourth-order valence-electron chi connectivity index (χ4n) is 2.03. The molecule has 3 heteroatoms. The molecule has 96 valence electrons. The third kappa shape index (κ3) is 2.99. The molecule has 0 bridgehead atoms. The molecule has 0 fully saturated rings. The Morgan fingerprint density at radius 2 is 1.94 bits per heavy atom. The standard InChI is InChI=1S/C15H21N3/c1-11-5-6-13-14(16-7-8-18(3)4)10-12(2)17-15(13)9-11/h5-6,9-10H,7-8H2,1-4H3,(H,16,17). The van der Waals surface area contributed by atoms with E-state index in [0.29, 0.717) is 0 Å². The Bertz CT molecular complexity index is 541. The van der Waals surface area contributed by atoms with E-state index in [1.165, 1.54) is 16.6 Å². The molecule has 1 heterocycles. The van der Waals surface area contributed by atoms with Crippen LogP contribution in [0.25, 0.3) is 10.9 Å². The van der Waals surface area contributed by atoms with Crippen LogP contribution in [0.1, 0.15) is 11.3 Å². The SMILES string of the molecule is Cc1ccc2c(NCCN(C)C)cc(C)nc2c1. The van der Waals surface area contributed by atoms with Crippen LogP contribution in [0.3, 0.4) is 0 Å². The Balaban J connectivity index is 2.31. The molecule has 0 aliphatic heterocycles. The van der Waals surface area contributed by atoms with E-state index in [9.17, 15) is 0 Å². The highest BCUT2D eigenvalue weighted by Crippen LogP contribution is 2.23. The van der Waals surface area contributed by atoms with Crippen LogP contribution in [-0.4, -0.2) is 37.1 Å². The van der Waals surface area contributed by atoms with Crippen molar-refractivity contribution >= 4 is 16.6 Å². The first-order valence-corrected chi connectivity index (χ1v) is 6.33. The molecule has 0 aliphatic rings. The average molecular weight is 243 g/mol. The third-order valence-corrected chi connectivity index (χ3v) is 2.97. The number of benzene rings is 1. The maximum absolute atomic E-state index is 4.59. The molecule has 3 nitrogen and oxygen atoms in total. The molecule has 0 unspecified atom stereocenters. The van der Waals surface area contributed by atoms with Crippen molar-refractivity contribution in [3.8, 4) is 0 Å². The maximum atomic E-state index is 4.59. The van der Waals surface area contributed by atoms with Gasteiger partial charge in [0.2, 0.25) is 0 Å². The molecule has 0 radical (unpaired) electrons. The molecule has 0 saturated carbocycles. The molecule has 2 aromatic rings. The van der Waals surface area contributed by atoms with Crippen molar-refractivity contribution in [1.82, 2.24) is 9.88 Å². The number of hydrogen-bond acceptors (Lipinski definition) is 3. The van der Waals surface area contributed by atoms with Crippen molar-refractivity contribution in [2.45, 2.75) is 13.8 Å². The Hall–Kier alpha value is -1.61. The topological polar surface area (TPSA) is 28.2 Å². The van der Waals surface area contributed by atoms with Crippen LogP contribution in [0, 0.1) is 13.8 Å². The van der Waals surface area contributed by atoms with E-state index in [1.807, 2.05) is 6.92 Å². The number of rotatable bonds is 4. The van der Waals surface area contributed by atoms with Gasteiger partial charge in [0.1, 0.15) is 0 Å². The smallest absolute Gasteiger partial charge is 0.0728 e. The predicted molar refractivity (Wildman–Crippen MR) is 78.3 cm³/mol. The van der Waals surface area contributed by atoms with E-state index < -0.39 is 0 Å². The Kier molecular flexibility index (Phi) is 3.82. The zero-order valence-electron chi connectivity index (χ0n) is 11.6. The van der Waals surface area contributed by atoms with Crippen LogP contribution >= 0.6 is 0 Å². The zero-order chi connectivity index (χ0) is 13.1. The number of likely N-dealkylation sites (N-methyl/N-ethyl adjacent to an activating group) is 1. The number of aromatic nitrogens is 1. The normalized spacial score (nSPS) is 11.2. The van der Waals surface area contributed by atoms with Gasteiger partial charge >= 0.3 is 0 Å². The molecule has 2 rings (SSSR count). The van der Waals surface area contributed by atoms with Gasteiger partial charge < -0.3 is 10.2 Å². The lowest BCUT2D eigenvalue weighted by Gasteiger charge is -2.14. The molecule has 0 atom stereocenters. The summed E-state index contributed by atoms with van der Waals surface area (Å²) in [6.45, 7) is 6.11. The molecule has 1 aromatic carbocycles. The number of aryl methyl sites for hydroxylation is 2. The summed E-state index contributed by atoms with van der Waals surface area (Å²) in [6.07, 6.45) is 0. The van der Waals surface area contributed by atoms with E-state index in [1.54, 1.807) is 0 Å². The minimum atomic E-state index is 0.944. The van der Waals surface area contributed by atoms with Gasteiger partial charge in [-0.3, -0.25) is 4.98 Å². The van der Waals surface area contributed by atoms with Crippen LogP contribution < -0.4 is 5.32 Å². The average Bonchev–Trinajstić information content (AvgIpc) is 2.27. The van der Waals surface area contributed by atoms with Crippen molar-refractivity contribution in [3.05, 3.63) is 35.5 Å². The lowest BCUT2D eigenvalue weighted by atomic mass is 10.1. The van der Waals surface area contributed by atoms with Crippen LogP contribution in [0.2, 0.25) is 0 Å². The fourth-order valence-corrected chi connectivity index (χ4v) is 2.03.